The van der Waals surface area contributed by atoms with Crippen molar-refractivity contribution in [3.63, 3.8) is 0 Å². The molecular formula is C9H11N7O. The summed E-state index contributed by atoms with van der Waals surface area (Å²) in [6.45, 7) is 0.372. The summed E-state index contributed by atoms with van der Waals surface area (Å²) in [6, 6.07) is 0. The Bertz CT molecular complexity index is 496. The number of nitrogens with zero attached hydrogens (tertiary/aromatic N) is 3. The van der Waals surface area contributed by atoms with Gasteiger partial charge in [0.2, 0.25) is 0 Å². The van der Waals surface area contributed by atoms with Crippen LogP contribution in [0.3, 0.4) is 0 Å². The Balaban J connectivity index is 1.99. The highest BCUT2D eigenvalue weighted by molar-refractivity contribution is 5.92. The van der Waals surface area contributed by atoms with Gasteiger partial charge in [-0.3, -0.25) is 14.9 Å². The average molecular weight is 233 g/mol. The molecule has 0 aliphatic rings. The van der Waals surface area contributed by atoms with Gasteiger partial charge in [0, 0.05) is 18.3 Å². The number of carbonyl (C=O) groups is 1. The van der Waals surface area contributed by atoms with E-state index in [9.17, 15) is 4.79 Å². The summed E-state index contributed by atoms with van der Waals surface area (Å²) in [4.78, 5) is 19.5. The number of nitrogen functional groups attached to an aromatic ring is 1. The van der Waals surface area contributed by atoms with Crippen molar-refractivity contribution in [1.29, 1.82) is 0 Å². The summed E-state index contributed by atoms with van der Waals surface area (Å²) < 4.78 is 0. The van der Waals surface area contributed by atoms with Crippen molar-refractivity contribution < 1.29 is 4.79 Å². The zero-order valence-electron chi connectivity index (χ0n) is 8.84. The highest BCUT2D eigenvalue weighted by Crippen LogP contribution is 2.00. The third-order valence-electron chi connectivity index (χ3n) is 2.02. The van der Waals surface area contributed by atoms with Crippen molar-refractivity contribution in [3.05, 3.63) is 36.0 Å². The zero-order chi connectivity index (χ0) is 12.1. The van der Waals surface area contributed by atoms with Crippen LogP contribution in [0.2, 0.25) is 0 Å². The largest absolute Gasteiger partial charge is 0.346 e. The van der Waals surface area contributed by atoms with Gasteiger partial charge >= 0.3 is 0 Å². The molecule has 88 valence electrons. The lowest BCUT2D eigenvalue weighted by molar-refractivity contribution is 0.0945. The number of rotatable bonds is 4. The fraction of sp³-hybridized carbons (Fsp3) is 0.111. The number of amides is 1. The predicted octanol–water partition coefficient (Wildman–Crippen LogP) is -0.585. The number of hydrazine groups is 1. The molecule has 0 unspecified atom stereocenters. The van der Waals surface area contributed by atoms with Gasteiger partial charge in [-0.05, 0) is 0 Å². The fourth-order valence-corrected chi connectivity index (χ4v) is 1.19. The molecule has 1 amide bonds. The lowest BCUT2D eigenvalue weighted by Crippen LogP contribution is -2.24. The smallest absolute Gasteiger partial charge is 0.271 e. The third kappa shape index (κ3) is 2.75. The first-order valence-electron chi connectivity index (χ1n) is 4.84. The Morgan fingerprint density at radius 3 is 3.00 bits per heavy atom. The van der Waals surface area contributed by atoms with Gasteiger partial charge in [0.15, 0.2) is 5.82 Å². The molecule has 8 heteroatoms. The lowest BCUT2D eigenvalue weighted by Gasteiger charge is -2.04. The Hall–Kier alpha value is -2.48. The number of anilines is 1. The SMILES string of the molecule is NNc1cncc(C(=O)NCc2cn[nH]c2)n1. The molecule has 2 rings (SSSR count). The molecule has 0 spiro atoms. The van der Waals surface area contributed by atoms with Gasteiger partial charge in [0.25, 0.3) is 5.91 Å². The minimum Gasteiger partial charge on any atom is -0.346 e. The molecule has 0 aliphatic heterocycles. The van der Waals surface area contributed by atoms with E-state index in [1.165, 1.54) is 12.4 Å². The Morgan fingerprint density at radius 2 is 2.29 bits per heavy atom. The molecule has 0 bridgehead atoms. The van der Waals surface area contributed by atoms with E-state index in [1.54, 1.807) is 12.4 Å². The van der Waals surface area contributed by atoms with E-state index in [0.29, 0.717) is 12.4 Å². The summed E-state index contributed by atoms with van der Waals surface area (Å²) in [5.74, 6) is 5.18. The summed E-state index contributed by atoms with van der Waals surface area (Å²) >= 11 is 0. The van der Waals surface area contributed by atoms with Gasteiger partial charge < -0.3 is 10.7 Å². The molecule has 2 aromatic rings. The minimum absolute atomic E-state index is 0.198. The molecule has 0 saturated heterocycles. The molecule has 2 aromatic heterocycles. The highest BCUT2D eigenvalue weighted by Gasteiger charge is 2.08. The van der Waals surface area contributed by atoms with Crippen molar-refractivity contribution >= 4 is 11.7 Å². The van der Waals surface area contributed by atoms with Crippen LogP contribution in [0.25, 0.3) is 0 Å². The third-order valence-corrected chi connectivity index (χ3v) is 2.02. The summed E-state index contributed by atoms with van der Waals surface area (Å²) in [5, 5.41) is 9.11. The maximum absolute atomic E-state index is 11.7. The van der Waals surface area contributed by atoms with Crippen molar-refractivity contribution in [1.82, 2.24) is 25.5 Å². The van der Waals surface area contributed by atoms with E-state index in [-0.39, 0.29) is 11.6 Å². The molecule has 17 heavy (non-hydrogen) atoms. The molecule has 0 fully saturated rings. The first kappa shape index (κ1) is 11.0. The maximum Gasteiger partial charge on any atom is 0.271 e. The predicted molar refractivity (Wildman–Crippen MR) is 59.6 cm³/mol. The van der Waals surface area contributed by atoms with Crippen LogP contribution in [0, 0.1) is 0 Å². The minimum atomic E-state index is -0.323. The van der Waals surface area contributed by atoms with Crippen LogP contribution < -0.4 is 16.6 Å². The van der Waals surface area contributed by atoms with Gasteiger partial charge in [-0.15, -0.1) is 0 Å². The first-order chi connectivity index (χ1) is 8.29. The molecule has 8 nitrogen and oxygen atoms in total. The quantitative estimate of drug-likeness (QED) is 0.414. The van der Waals surface area contributed by atoms with Crippen LogP contribution in [-0.4, -0.2) is 26.1 Å². The molecular weight excluding hydrogens is 222 g/mol. The molecule has 0 aliphatic carbocycles. The van der Waals surface area contributed by atoms with Crippen LogP contribution in [0.4, 0.5) is 5.82 Å². The van der Waals surface area contributed by atoms with Crippen molar-refractivity contribution in [2.45, 2.75) is 6.54 Å². The second-order valence-corrected chi connectivity index (χ2v) is 3.22. The second kappa shape index (κ2) is 5.03. The standard InChI is InChI=1S/C9H11N7O/c10-16-8-5-11-4-7(15-8)9(17)12-1-6-2-13-14-3-6/h2-5H,1,10H2,(H,12,17)(H,13,14)(H,15,16). The number of nitrogens with one attached hydrogen (secondary N) is 3. The number of carbonyl (C=O) groups excluding carboxylic acids is 1. The monoisotopic (exact) mass is 233 g/mol. The Labute approximate surface area is 96.6 Å². The Kier molecular flexibility index (Phi) is 3.26. The van der Waals surface area contributed by atoms with Crippen molar-refractivity contribution in [2.24, 2.45) is 5.84 Å². The zero-order valence-corrected chi connectivity index (χ0v) is 8.84. The first-order valence-corrected chi connectivity index (χ1v) is 4.84. The van der Waals surface area contributed by atoms with E-state index < -0.39 is 0 Å². The van der Waals surface area contributed by atoms with E-state index in [2.05, 4.69) is 30.9 Å². The molecule has 0 radical (unpaired) electrons. The van der Waals surface area contributed by atoms with Gasteiger partial charge in [0.1, 0.15) is 5.69 Å². The van der Waals surface area contributed by atoms with Crippen molar-refractivity contribution in [3.8, 4) is 0 Å². The van der Waals surface area contributed by atoms with Gasteiger partial charge in [-0.2, -0.15) is 5.10 Å². The number of H-pyrrole nitrogens is 1. The average Bonchev–Trinajstić information content (AvgIpc) is 2.89. The van der Waals surface area contributed by atoms with Gasteiger partial charge in [-0.1, -0.05) is 0 Å². The van der Waals surface area contributed by atoms with Gasteiger partial charge in [-0.25, -0.2) is 10.8 Å². The van der Waals surface area contributed by atoms with Crippen molar-refractivity contribution in [2.75, 3.05) is 5.43 Å². The number of aromatic nitrogens is 4. The van der Waals surface area contributed by atoms with Crippen LogP contribution in [0.15, 0.2) is 24.8 Å². The van der Waals surface area contributed by atoms with E-state index in [0.717, 1.165) is 5.56 Å². The number of nitrogens with two attached hydrogens (primary N) is 1. The van der Waals surface area contributed by atoms with E-state index in [1.807, 2.05) is 0 Å². The topological polar surface area (TPSA) is 122 Å². The van der Waals surface area contributed by atoms with E-state index >= 15 is 0 Å². The number of aromatic amines is 1. The Morgan fingerprint density at radius 1 is 1.41 bits per heavy atom. The van der Waals surface area contributed by atoms with E-state index in [4.69, 9.17) is 5.84 Å². The summed E-state index contributed by atoms with van der Waals surface area (Å²) in [7, 11) is 0. The van der Waals surface area contributed by atoms with Crippen LogP contribution in [-0.2, 0) is 6.54 Å². The normalized spacial score (nSPS) is 9.94. The lowest BCUT2D eigenvalue weighted by atomic mass is 10.3. The molecule has 5 N–H and O–H groups in total. The highest BCUT2D eigenvalue weighted by atomic mass is 16.1. The molecule has 2 heterocycles. The number of hydrogen-bond acceptors (Lipinski definition) is 6. The van der Waals surface area contributed by atoms with Crippen LogP contribution >= 0.6 is 0 Å². The number of hydrogen-bond donors (Lipinski definition) is 4. The van der Waals surface area contributed by atoms with Gasteiger partial charge in [0.05, 0.1) is 18.6 Å². The fourth-order valence-electron chi connectivity index (χ4n) is 1.19. The van der Waals surface area contributed by atoms with Crippen LogP contribution in [0.1, 0.15) is 16.1 Å². The molecule has 0 saturated carbocycles. The molecule has 0 atom stereocenters. The second-order valence-electron chi connectivity index (χ2n) is 3.22. The maximum atomic E-state index is 11.7. The summed E-state index contributed by atoms with van der Waals surface area (Å²) in [6.07, 6.45) is 6.12. The molecule has 0 aromatic carbocycles. The summed E-state index contributed by atoms with van der Waals surface area (Å²) in [5.41, 5.74) is 3.40. The van der Waals surface area contributed by atoms with Crippen LogP contribution in [0.5, 0.6) is 0 Å².